The number of aromatic nitrogens is 2. The Balaban J connectivity index is 1.84. The Kier molecular flexibility index (Phi) is 6.77. The molecule has 0 saturated carbocycles. The lowest BCUT2D eigenvalue weighted by molar-refractivity contribution is 0.355. The van der Waals surface area contributed by atoms with Crippen molar-refractivity contribution in [3.05, 3.63) is 59.1 Å². The molecule has 1 aromatic heterocycles. The Bertz CT molecular complexity index is 964. The molecule has 0 aliphatic carbocycles. The number of anilines is 1. The fourth-order valence-corrected chi connectivity index (χ4v) is 3.14. The molecule has 0 aliphatic rings. The minimum atomic E-state index is 0.147. The summed E-state index contributed by atoms with van der Waals surface area (Å²) >= 11 is 5.96. The van der Waals surface area contributed by atoms with Crippen LogP contribution in [0.25, 0.3) is 11.3 Å². The van der Waals surface area contributed by atoms with Gasteiger partial charge in [0.25, 0.3) is 0 Å². The van der Waals surface area contributed by atoms with Gasteiger partial charge in [0.2, 0.25) is 0 Å². The van der Waals surface area contributed by atoms with E-state index in [2.05, 4.69) is 22.2 Å². The first kappa shape index (κ1) is 20.7. The molecule has 152 valence electrons. The molecule has 0 aliphatic heterocycles. The number of benzene rings is 2. The van der Waals surface area contributed by atoms with Crippen molar-refractivity contribution in [3.63, 3.8) is 0 Å². The third-order valence-electron chi connectivity index (χ3n) is 4.42. The van der Waals surface area contributed by atoms with Gasteiger partial charge in [-0.1, -0.05) is 23.7 Å². The molecule has 6 nitrogen and oxygen atoms in total. The Labute approximate surface area is 175 Å². The number of ether oxygens (including phenoxy) is 3. The maximum atomic E-state index is 5.96. The molecule has 0 bridgehead atoms. The predicted octanol–water partition coefficient (Wildman–Crippen LogP) is 4.87. The quantitative estimate of drug-likeness (QED) is 0.568. The van der Waals surface area contributed by atoms with E-state index in [1.807, 2.05) is 48.5 Å². The van der Waals surface area contributed by atoms with Gasteiger partial charge >= 0.3 is 6.01 Å². The highest BCUT2D eigenvalue weighted by atomic mass is 35.5. The molecule has 3 rings (SSSR count). The molecule has 1 unspecified atom stereocenters. The fourth-order valence-electron chi connectivity index (χ4n) is 3.01. The van der Waals surface area contributed by atoms with Gasteiger partial charge in [0.15, 0.2) is 11.5 Å². The summed E-state index contributed by atoms with van der Waals surface area (Å²) < 4.78 is 16.0. The van der Waals surface area contributed by atoms with Crippen LogP contribution in [0.5, 0.6) is 17.5 Å². The first-order valence-corrected chi connectivity index (χ1v) is 9.56. The normalized spacial score (nSPS) is 11.6. The molecule has 0 amide bonds. The summed E-state index contributed by atoms with van der Waals surface area (Å²) in [6.07, 6.45) is 0.829. The molecule has 3 aromatic rings. The van der Waals surface area contributed by atoms with Crippen molar-refractivity contribution in [2.24, 2.45) is 0 Å². The molecule has 0 saturated heterocycles. The minimum absolute atomic E-state index is 0.147. The lowest BCUT2D eigenvalue weighted by Gasteiger charge is -2.16. The van der Waals surface area contributed by atoms with Gasteiger partial charge in [-0.05, 0) is 49.2 Å². The summed E-state index contributed by atoms with van der Waals surface area (Å²) in [4.78, 5) is 8.90. The molecular formula is C22H24ClN3O3. The van der Waals surface area contributed by atoms with Gasteiger partial charge in [0.05, 0.1) is 27.0 Å². The highest BCUT2D eigenvalue weighted by Gasteiger charge is 2.12. The molecule has 1 heterocycles. The number of halogens is 1. The van der Waals surface area contributed by atoms with Crippen LogP contribution in [0.4, 0.5) is 5.82 Å². The molecule has 7 heteroatoms. The number of methoxy groups -OCH3 is 3. The van der Waals surface area contributed by atoms with Crippen molar-refractivity contribution in [1.82, 2.24) is 9.97 Å². The molecular weight excluding hydrogens is 390 g/mol. The van der Waals surface area contributed by atoms with Crippen LogP contribution in [0.3, 0.4) is 0 Å². The summed E-state index contributed by atoms with van der Waals surface area (Å²) in [5, 5.41) is 4.15. The van der Waals surface area contributed by atoms with Crippen LogP contribution >= 0.6 is 11.6 Å². The van der Waals surface area contributed by atoms with Gasteiger partial charge in [-0.3, -0.25) is 0 Å². The Hall–Kier alpha value is -2.99. The van der Waals surface area contributed by atoms with E-state index in [0.717, 1.165) is 22.7 Å². The molecule has 1 atom stereocenters. The first-order valence-electron chi connectivity index (χ1n) is 9.19. The highest BCUT2D eigenvalue weighted by Crippen LogP contribution is 2.32. The SMILES string of the molecule is COc1nc(NC(C)Cc2ccc(Cl)cc2)cc(-c2ccc(OC)c(OC)c2)n1. The van der Waals surface area contributed by atoms with Crippen LogP contribution in [0.1, 0.15) is 12.5 Å². The van der Waals surface area contributed by atoms with Crippen molar-refractivity contribution in [1.29, 1.82) is 0 Å². The topological polar surface area (TPSA) is 65.5 Å². The van der Waals surface area contributed by atoms with Crippen LogP contribution in [-0.4, -0.2) is 37.3 Å². The lowest BCUT2D eigenvalue weighted by Crippen LogP contribution is -2.19. The van der Waals surface area contributed by atoms with E-state index in [0.29, 0.717) is 23.3 Å². The van der Waals surface area contributed by atoms with Gasteiger partial charge < -0.3 is 19.5 Å². The minimum Gasteiger partial charge on any atom is -0.493 e. The summed E-state index contributed by atoms with van der Waals surface area (Å²) in [7, 11) is 4.76. The average molecular weight is 414 g/mol. The summed E-state index contributed by atoms with van der Waals surface area (Å²) in [6, 6.07) is 15.8. The number of nitrogens with one attached hydrogen (secondary N) is 1. The third-order valence-corrected chi connectivity index (χ3v) is 4.67. The standard InChI is InChI=1S/C22H24ClN3O3/c1-14(11-15-5-8-17(23)9-6-15)24-21-13-18(25-22(26-21)29-4)16-7-10-19(27-2)20(12-16)28-3/h5-10,12-14H,11H2,1-4H3,(H,24,25,26). The second-order valence-electron chi connectivity index (χ2n) is 6.57. The summed E-state index contributed by atoms with van der Waals surface area (Å²) in [6.45, 7) is 2.10. The van der Waals surface area contributed by atoms with Crippen molar-refractivity contribution in [2.75, 3.05) is 26.6 Å². The van der Waals surface area contributed by atoms with Crippen molar-refractivity contribution >= 4 is 17.4 Å². The van der Waals surface area contributed by atoms with E-state index in [1.54, 1.807) is 21.3 Å². The maximum absolute atomic E-state index is 5.96. The molecule has 0 radical (unpaired) electrons. The van der Waals surface area contributed by atoms with Gasteiger partial charge in [-0.15, -0.1) is 0 Å². The molecule has 2 aromatic carbocycles. The van der Waals surface area contributed by atoms with Gasteiger partial charge in [0, 0.05) is 22.7 Å². The zero-order chi connectivity index (χ0) is 20.8. The Morgan fingerprint density at radius 3 is 2.28 bits per heavy atom. The van der Waals surface area contributed by atoms with Crippen LogP contribution in [0.2, 0.25) is 5.02 Å². The second-order valence-corrected chi connectivity index (χ2v) is 7.01. The van der Waals surface area contributed by atoms with Crippen LogP contribution in [0.15, 0.2) is 48.5 Å². The zero-order valence-electron chi connectivity index (χ0n) is 16.9. The van der Waals surface area contributed by atoms with E-state index in [4.69, 9.17) is 25.8 Å². The van der Waals surface area contributed by atoms with E-state index in [1.165, 1.54) is 5.56 Å². The predicted molar refractivity (Wildman–Crippen MR) is 115 cm³/mol. The second kappa shape index (κ2) is 9.47. The van der Waals surface area contributed by atoms with Crippen LogP contribution in [0, 0.1) is 0 Å². The average Bonchev–Trinajstić information content (AvgIpc) is 2.74. The van der Waals surface area contributed by atoms with E-state index in [-0.39, 0.29) is 6.04 Å². The Morgan fingerprint density at radius 1 is 0.897 bits per heavy atom. The number of nitrogens with zero attached hydrogens (tertiary/aromatic N) is 2. The highest BCUT2D eigenvalue weighted by molar-refractivity contribution is 6.30. The maximum Gasteiger partial charge on any atom is 0.318 e. The van der Waals surface area contributed by atoms with E-state index in [9.17, 15) is 0 Å². The number of hydrogen-bond acceptors (Lipinski definition) is 6. The van der Waals surface area contributed by atoms with Crippen molar-refractivity contribution in [3.8, 4) is 28.8 Å². The first-order chi connectivity index (χ1) is 14.0. The summed E-state index contributed by atoms with van der Waals surface area (Å²) in [5.41, 5.74) is 2.78. The summed E-state index contributed by atoms with van der Waals surface area (Å²) in [5.74, 6) is 1.98. The van der Waals surface area contributed by atoms with Crippen molar-refractivity contribution < 1.29 is 14.2 Å². The van der Waals surface area contributed by atoms with Gasteiger partial charge in [-0.2, -0.15) is 9.97 Å². The van der Waals surface area contributed by atoms with Gasteiger partial charge in [0.1, 0.15) is 5.82 Å². The van der Waals surface area contributed by atoms with Gasteiger partial charge in [-0.25, -0.2) is 0 Å². The zero-order valence-corrected chi connectivity index (χ0v) is 17.7. The lowest BCUT2D eigenvalue weighted by atomic mass is 10.1. The Morgan fingerprint density at radius 2 is 1.62 bits per heavy atom. The third kappa shape index (κ3) is 5.29. The van der Waals surface area contributed by atoms with Crippen LogP contribution < -0.4 is 19.5 Å². The molecule has 29 heavy (non-hydrogen) atoms. The fraction of sp³-hybridized carbons (Fsp3) is 0.273. The van der Waals surface area contributed by atoms with Crippen molar-refractivity contribution in [2.45, 2.75) is 19.4 Å². The monoisotopic (exact) mass is 413 g/mol. The largest absolute Gasteiger partial charge is 0.493 e. The van der Waals surface area contributed by atoms with Crippen LogP contribution in [-0.2, 0) is 6.42 Å². The smallest absolute Gasteiger partial charge is 0.318 e. The van der Waals surface area contributed by atoms with E-state index >= 15 is 0 Å². The molecule has 1 N–H and O–H groups in total. The number of hydrogen-bond donors (Lipinski definition) is 1. The number of rotatable bonds is 8. The molecule has 0 fully saturated rings. The van der Waals surface area contributed by atoms with E-state index < -0.39 is 0 Å². The molecule has 0 spiro atoms.